The van der Waals surface area contributed by atoms with Crippen LogP contribution >= 0.6 is 0 Å². The molecule has 2 aliphatic rings. The number of H-pyrrole nitrogens is 1. The van der Waals surface area contributed by atoms with E-state index in [1.165, 1.54) is 6.07 Å². The minimum Gasteiger partial charge on any atom is -0.361 e. The Morgan fingerprint density at radius 2 is 2.07 bits per heavy atom. The Labute approximate surface area is 173 Å². The van der Waals surface area contributed by atoms with E-state index in [9.17, 15) is 9.18 Å². The molecule has 0 unspecified atom stereocenters. The number of rotatable bonds is 4. The monoisotopic (exact) mass is 400 g/mol. The molecule has 1 amide bonds. The van der Waals surface area contributed by atoms with Gasteiger partial charge in [-0.1, -0.05) is 18.2 Å². The topological polar surface area (TPSA) is 53.9 Å². The van der Waals surface area contributed by atoms with Gasteiger partial charge in [0.25, 0.3) is 5.91 Å². The number of nitrogens with one attached hydrogen (secondary N) is 1. The predicted octanol–water partition coefficient (Wildman–Crippen LogP) is 4.59. The lowest BCUT2D eigenvalue weighted by atomic mass is 9.99. The van der Waals surface area contributed by atoms with Crippen LogP contribution in [-0.2, 0) is 19.5 Å². The molecule has 1 N–H and O–H groups in total. The summed E-state index contributed by atoms with van der Waals surface area (Å²) < 4.78 is 16.7. The van der Waals surface area contributed by atoms with E-state index in [1.807, 2.05) is 35.3 Å². The third kappa shape index (κ3) is 2.83. The molecular formula is C24H21FN4O. The largest absolute Gasteiger partial charge is 0.361 e. The van der Waals surface area contributed by atoms with Crippen molar-refractivity contribution in [3.8, 4) is 0 Å². The molecule has 6 heteroatoms. The van der Waals surface area contributed by atoms with Gasteiger partial charge < -0.3 is 9.88 Å². The van der Waals surface area contributed by atoms with E-state index in [4.69, 9.17) is 0 Å². The van der Waals surface area contributed by atoms with Crippen LogP contribution in [0.2, 0.25) is 0 Å². The van der Waals surface area contributed by atoms with E-state index in [-0.39, 0.29) is 11.5 Å². The Morgan fingerprint density at radius 1 is 1.17 bits per heavy atom. The molecule has 4 aromatic rings. The highest BCUT2D eigenvalue weighted by Crippen LogP contribution is 2.38. The van der Waals surface area contributed by atoms with Gasteiger partial charge in [-0.25, -0.2) is 4.39 Å². The van der Waals surface area contributed by atoms with Gasteiger partial charge in [-0.05, 0) is 54.7 Å². The smallest absolute Gasteiger partial charge is 0.257 e. The number of carbonyl (C=O) groups excluding carboxylic acids is 1. The average Bonchev–Trinajstić information content (AvgIpc) is 3.14. The lowest BCUT2D eigenvalue weighted by molar-refractivity contribution is 0.0743. The second kappa shape index (κ2) is 6.55. The van der Waals surface area contributed by atoms with Crippen molar-refractivity contribution < 1.29 is 9.18 Å². The highest BCUT2D eigenvalue weighted by molar-refractivity contribution is 5.95. The van der Waals surface area contributed by atoms with Crippen molar-refractivity contribution in [1.29, 1.82) is 0 Å². The summed E-state index contributed by atoms with van der Waals surface area (Å²) in [5.41, 5.74) is 5.47. The van der Waals surface area contributed by atoms with Gasteiger partial charge in [0.05, 0.1) is 30.0 Å². The van der Waals surface area contributed by atoms with Gasteiger partial charge in [0.2, 0.25) is 0 Å². The summed E-state index contributed by atoms with van der Waals surface area (Å²) in [5, 5.41) is 5.61. The summed E-state index contributed by atoms with van der Waals surface area (Å²) in [6, 6.07) is 13.5. The highest BCUT2D eigenvalue weighted by Gasteiger charge is 2.34. The van der Waals surface area contributed by atoms with E-state index in [2.05, 4.69) is 16.1 Å². The van der Waals surface area contributed by atoms with Crippen LogP contribution < -0.4 is 0 Å². The first-order chi connectivity index (χ1) is 14.7. The zero-order valence-corrected chi connectivity index (χ0v) is 16.4. The molecular weight excluding hydrogens is 379 g/mol. The van der Waals surface area contributed by atoms with E-state index in [0.29, 0.717) is 25.6 Å². The maximum absolute atomic E-state index is 14.6. The number of amides is 1. The summed E-state index contributed by atoms with van der Waals surface area (Å²) in [4.78, 5) is 18.1. The molecule has 1 aliphatic carbocycles. The molecule has 1 aliphatic heterocycles. The van der Waals surface area contributed by atoms with Gasteiger partial charge in [0.1, 0.15) is 5.82 Å². The van der Waals surface area contributed by atoms with Crippen molar-refractivity contribution in [1.82, 2.24) is 19.7 Å². The second-order valence-electron chi connectivity index (χ2n) is 8.30. The molecule has 6 rings (SSSR count). The molecule has 3 heterocycles. The maximum atomic E-state index is 14.6. The van der Waals surface area contributed by atoms with Crippen molar-refractivity contribution in [2.24, 2.45) is 0 Å². The van der Waals surface area contributed by atoms with Crippen LogP contribution in [0.1, 0.15) is 51.6 Å². The number of aromatic nitrogens is 3. The zero-order chi connectivity index (χ0) is 20.2. The minimum atomic E-state index is -0.469. The van der Waals surface area contributed by atoms with Crippen LogP contribution in [0.5, 0.6) is 0 Å². The van der Waals surface area contributed by atoms with E-state index >= 15 is 0 Å². The minimum absolute atomic E-state index is 0.143. The fraction of sp³-hybridized carbons (Fsp3) is 0.250. The van der Waals surface area contributed by atoms with Crippen LogP contribution in [0, 0.1) is 5.82 Å². The molecule has 2 aromatic carbocycles. The van der Waals surface area contributed by atoms with Crippen LogP contribution in [0.3, 0.4) is 0 Å². The number of carbonyl (C=O) groups is 1. The SMILES string of the molecule is O=C(c1cc(Cc2cccc3[nH]ccc23)ccc1F)N1Cc2cnn(C3CC3)c2C1. The van der Waals surface area contributed by atoms with Crippen molar-refractivity contribution >= 4 is 16.8 Å². The Kier molecular flexibility index (Phi) is 3.81. The normalized spacial score (nSPS) is 15.7. The molecule has 0 atom stereocenters. The molecule has 150 valence electrons. The fourth-order valence-corrected chi connectivity index (χ4v) is 4.49. The first-order valence-electron chi connectivity index (χ1n) is 10.4. The lowest BCUT2D eigenvalue weighted by Crippen LogP contribution is -2.27. The summed E-state index contributed by atoms with van der Waals surface area (Å²) >= 11 is 0. The van der Waals surface area contributed by atoms with Crippen molar-refractivity contribution in [3.05, 3.63) is 88.6 Å². The first kappa shape index (κ1) is 17.4. The maximum Gasteiger partial charge on any atom is 0.257 e. The predicted molar refractivity (Wildman–Crippen MR) is 112 cm³/mol. The van der Waals surface area contributed by atoms with Crippen LogP contribution in [0.4, 0.5) is 4.39 Å². The average molecular weight is 400 g/mol. The molecule has 0 saturated heterocycles. The zero-order valence-electron chi connectivity index (χ0n) is 16.4. The van der Waals surface area contributed by atoms with E-state index < -0.39 is 5.82 Å². The lowest BCUT2D eigenvalue weighted by Gasteiger charge is -2.17. The Morgan fingerprint density at radius 3 is 2.93 bits per heavy atom. The number of fused-ring (bicyclic) bond motifs is 2. The Balaban J connectivity index is 1.27. The van der Waals surface area contributed by atoms with E-state index in [0.717, 1.165) is 46.1 Å². The van der Waals surface area contributed by atoms with Crippen LogP contribution in [0.15, 0.2) is 54.9 Å². The Bertz CT molecular complexity index is 1280. The summed E-state index contributed by atoms with van der Waals surface area (Å²) in [5.74, 6) is -0.726. The van der Waals surface area contributed by atoms with Crippen molar-refractivity contribution in [2.75, 3.05) is 0 Å². The number of benzene rings is 2. The van der Waals surface area contributed by atoms with Crippen molar-refractivity contribution in [3.63, 3.8) is 0 Å². The van der Waals surface area contributed by atoms with Gasteiger partial charge in [0.15, 0.2) is 0 Å². The summed E-state index contributed by atoms with van der Waals surface area (Å²) in [7, 11) is 0. The quantitative estimate of drug-likeness (QED) is 0.545. The van der Waals surface area contributed by atoms with E-state index in [1.54, 1.807) is 17.0 Å². The number of aromatic amines is 1. The molecule has 0 spiro atoms. The summed E-state index contributed by atoms with van der Waals surface area (Å²) in [6.07, 6.45) is 6.71. The summed E-state index contributed by atoms with van der Waals surface area (Å²) in [6.45, 7) is 0.990. The van der Waals surface area contributed by atoms with Crippen LogP contribution in [0.25, 0.3) is 10.9 Å². The standard InChI is InChI=1S/C24H21FN4O/c25-21-7-4-15(10-16-2-1-3-22-19(16)8-9-26-22)11-20(21)24(30)28-13-17-12-27-29(18-5-6-18)23(17)14-28/h1-4,7-9,11-12,18,26H,5-6,10,13-14H2. The molecule has 1 saturated carbocycles. The Hall–Kier alpha value is -3.41. The van der Waals surface area contributed by atoms with Gasteiger partial charge in [-0.15, -0.1) is 0 Å². The third-order valence-corrected chi connectivity index (χ3v) is 6.21. The fourth-order valence-electron chi connectivity index (χ4n) is 4.49. The number of hydrogen-bond acceptors (Lipinski definition) is 2. The van der Waals surface area contributed by atoms with Gasteiger partial charge in [-0.2, -0.15) is 5.10 Å². The molecule has 5 nitrogen and oxygen atoms in total. The third-order valence-electron chi connectivity index (χ3n) is 6.21. The molecule has 0 bridgehead atoms. The number of nitrogens with zero attached hydrogens (tertiary/aromatic N) is 3. The van der Waals surface area contributed by atoms with Gasteiger partial charge >= 0.3 is 0 Å². The van der Waals surface area contributed by atoms with Gasteiger partial charge in [-0.3, -0.25) is 9.48 Å². The molecule has 1 fully saturated rings. The highest BCUT2D eigenvalue weighted by atomic mass is 19.1. The molecule has 30 heavy (non-hydrogen) atoms. The molecule has 2 aromatic heterocycles. The second-order valence-corrected chi connectivity index (χ2v) is 8.30. The number of halogens is 1. The van der Waals surface area contributed by atoms with Crippen molar-refractivity contribution in [2.45, 2.75) is 38.4 Å². The first-order valence-corrected chi connectivity index (χ1v) is 10.4. The van der Waals surface area contributed by atoms with Gasteiger partial charge in [0, 0.05) is 29.2 Å². The van der Waals surface area contributed by atoms with Crippen LogP contribution in [-0.4, -0.2) is 25.6 Å². The number of hydrogen-bond donors (Lipinski definition) is 1. The molecule has 0 radical (unpaired) electrons.